The van der Waals surface area contributed by atoms with Gasteiger partial charge in [0.25, 0.3) is 0 Å². The molecule has 1 aromatic carbocycles. The van der Waals surface area contributed by atoms with E-state index in [9.17, 15) is 13.2 Å². The molecule has 0 bridgehead atoms. The molecule has 1 aromatic heterocycles. The van der Waals surface area contributed by atoms with Crippen molar-refractivity contribution in [1.82, 2.24) is 4.31 Å². The van der Waals surface area contributed by atoms with Gasteiger partial charge in [-0.25, -0.2) is 8.42 Å². The summed E-state index contributed by atoms with van der Waals surface area (Å²) in [5.74, 6) is -0.634. The van der Waals surface area contributed by atoms with E-state index >= 15 is 0 Å². The van der Waals surface area contributed by atoms with Gasteiger partial charge in [0.15, 0.2) is 0 Å². The van der Waals surface area contributed by atoms with Crippen molar-refractivity contribution in [2.45, 2.75) is 58.4 Å². The van der Waals surface area contributed by atoms with E-state index in [0.29, 0.717) is 18.6 Å². The van der Waals surface area contributed by atoms with Crippen molar-refractivity contribution in [3.05, 3.63) is 47.9 Å². The quantitative estimate of drug-likeness (QED) is 0.243. The van der Waals surface area contributed by atoms with Gasteiger partial charge in [-0.3, -0.25) is 4.79 Å². The van der Waals surface area contributed by atoms with Crippen LogP contribution in [0.2, 0.25) is 0 Å². The Bertz CT molecular complexity index is 1000. The maximum Gasteiger partial charge on any atom is 0.324 e. The van der Waals surface area contributed by atoms with Crippen molar-refractivity contribution in [3.63, 3.8) is 0 Å². The highest BCUT2D eigenvalue weighted by molar-refractivity contribution is 7.88. The van der Waals surface area contributed by atoms with Gasteiger partial charge in [0, 0.05) is 11.2 Å². The third-order valence-electron chi connectivity index (χ3n) is 4.64. The molecule has 1 atom stereocenters. The molecule has 0 amide bonds. The van der Waals surface area contributed by atoms with Gasteiger partial charge >= 0.3 is 5.97 Å². The van der Waals surface area contributed by atoms with E-state index in [1.807, 2.05) is 43.5 Å². The lowest BCUT2D eigenvalue weighted by atomic mass is 10.0. The maximum atomic E-state index is 13.6. The first-order chi connectivity index (χ1) is 14.9. The first-order valence-corrected chi connectivity index (χ1v) is 13.3. The van der Waals surface area contributed by atoms with Gasteiger partial charge in [0.05, 0.1) is 19.0 Å². The molecular formula is C24H35NO5S2. The SMILES string of the molecule is C=CCOCCN([C@H](CC(C)C)C(=O)OC(C)(C)C)S(=O)(=O)Cc1ccc2sccc2c1. The molecule has 0 aliphatic rings. The second kappa shape index (κ2) is 11.4. The minimum absolute atomic E-state index is 0.0630. The van der Waals surface area contributed by atoms with Gasteiger partial charge in [0.1, 0.15) is 11.6 Å². The summed E-state index contributed by atoms with van der Waals surface area (Å²) >= 11 is 1.61. The van der Waals surface area contributed by atoms with E-state index in [0.717, 1.165) is 10.1 Å². The smallest absolute Gasteiger partial charge is 0.324 e. The monoisotopic (exact) mass is 481 g/mol. The molecule has 6 nitrogen and oxygen atoms in total. The molecule has 0 fully saturated rings. The van der Waals surface area contributed by atoms with Crippen LogP contribution in [-0.4, -0.2) is 50.1 Å². The van der Waals surface area contributed by atoms with Crippen LogP contribution in [0.3, 0.4) is 0 Å². The van der Waals surface area contributed by atoms with Crippen LogP contribution in [0.15, 0.2) is 42.3 Å². The van der Waals surface area contributed by atoms with E-state index < -0.39 is 27.6 Å². The van der Waals surface area contributed by atoms with Crippen molar-refractivity contribution >= 4 is 37.4 Å². The Kier molecular flexibility index (Phi) is 9.45. The Labute approximate surface area is 196 Å². The average Bonchev–Trinajstić information content (AvgIpc) is 3.12. The predicted octanol–water partition coefficient (Wildman–Crippen LogP) is 4.99. The highest BCUT2D eigenvalue weighted by atomic mass is 32.2. The number of carbonyl (C=O) groups is 1. The molecule has 178 valence electrons. The number of esters is 1. The van der Waals surface area contributed by atoms with Crippen molar-refractivity contribution < 1.29 is 22.7 Å². The van der Waals surface area contributed by atoms with E-state index in [2.05, 4.69) is 6.58 Å². The van der Waals surface area contributed by atoms with Gasteiger partial charge in [-0.2, -0.15) is 4.31 Å². The fraction of sp³-hybridized carbons (Fsp3) is 0.542. The molecule has 0 aliphatic heterocycles. The highest BCUT2D eigenvalue weighted by Gasteiger charge is 2.37. The summed E-state index contributed by atoms with van der Waals surface area (Å²) in [5, 5.41) is 2.99. The fourth-order valence-electron chi connectivity index (χ4n) is 3.36. The van der Waals surface area contributed by atoms with E-state index in [1.54, 1.807) is 38.2 Å². The van der Waals surface area contributed by atoms with Crippen LogP contribution in [0.4, 0.5) is 0 Å². The molecule has 0 unspecified atom stereocenters. The van der Waals surface area contributed by atoms with Gasteiger partial charge < -0.3 is 9.47 Å². The molecular weight excluding hydrogens is 446 g/mol. The number of thiophene rings is 1. The molecule has 0 aliphatic carbocycles. The zero-order valence-electron chi connectivity index (χ0n) is 19.7. The van der Waals surface area contributed by atoms with Crippen molar-refractivity contribution in [1.29, 1.82) is 0 Å². The fourth-order valence-corrected chi connectivity index (χ4v) is 5.81. The van der Waals surface area contributed by atoms with Gasteiger partial charge in [-0.05, 0) is 67.6 Å². The summed E-state index contributed by atoms with van der Waals surface area (Å²) in [6.45, 7) is 13.4. The Morgan fingerprint density at radius 1 is 1.25 bits per heavy atom. The lowest BCUT2D eigenvalue weighted by Crippen LogP contribution is -2.49. The molecule has 1 heterocycles. The summed E-state index contributed by atoms with van der Waals surface area (Å²) < 4.78 is 40.6. The second-order valence-electron chi connectivity index (χ2n) is 9.20. The molecule has 8 heteroatoms. The number of nitrogens with zero attached hydrogens (tertiary/aromatic N) is 1. The number of sulfonamides is 1. The van der Waals surface area contributed by atoms with E-state index in [1.165, 1.54) is 4.31 Å². The highest BCUT2D eigenvalue weighted by Crippen LogP contribution is 2.25. The summed E-state index contributed by atoms with van der Waals surface area (Å²) in [6, 6.07) is 6.70. The first-order valence-electron chi connectivity index (χ1n) is 10.8. The molecule has 0 N–H and O–H groups in total. The summed E-state index contributed by atoms with van der Waals surface area (Å²) in [7, 11) is -3.83. The van der Waals surface area contributed by atoms with Gasteiger partial charge in [0.2, 0.25) is 10.0 Å². The number of ether oxygens (including phenoxy) is 2. The Morgan fingerprint density at radius 3 is 2.59 bits per heavy atom. The zero-order valence-corrected chi connectivity index (χ0v) is 21.3. The Hall–Kier alpha value is -1.74. The second-order valence-corrected chi connectivity index (χ2v) is 12.1. The third kappa shape index (κ3) is 7.99. The van der Waals surface area contributed by atoms with Crippen LogP contribution in [-0.2, 0) is 30.0 Å². The molecule has 0 saturated heterocycles. The number of rotatable bonds is 12. The number of hydrogen-bond donors (Lipinski definition) is 0. The number of fused-ring (bicyclic) bond motifs is 1. The molecule has 0 saturated carbocycles. The number of hydrogen-bond acceptors (Lipinski definition) is 6. The van der Waals surface area contributed by atoms with Crippen LogP contribution in [0.1, 0.15) is 46.6 Å². The maximum absolute atomic E-state index is 13.6. The normalized spacial score (nSPS) is 13.6. The van der Waals surface area contributed by atoms with Crippen LogP contribution >= 0.6 is 11.3 Å². The standard InChI is InChI=1S/C24H35NO5S2/c1-7-12-29-13-11-25(21(15-18(2)3)23(26)30-24(4,5)6)32(27,28)17-19-8-9-22-20(16-19)10-14-31-22/h7-10,14,16,18,21H,1,11-13,15,17H2,2-6H3/t21-/m1/s1. The lowest BCUT2D eigenvalue weighted by Gasteiger charge is -2.32. The molecule has 2 aromatic rings. The summed E-state index contributed by atoms with van der Waals surface area (Å²) in [4.78, 5) is 13.1. The van der Waals surface area contributed by atoms with Crippen LogP contribution < -0.4 is 0 Å². The van der Waals surface area contributed by atoms with Gasteiger partial charge in [-0.15, -0.1) is 17.9 Å². The molecule has 0 radical (unpaired) electrons. The topological polar surface area (TPSA) is 72.9 Å². The van der Waals surface area contributed by atoms with Crippen molar-refractivity contribution in [3.8, 4) is 0 Å². The first kappa shape index (κ1) is 26.5. The van der Waals surface area contributed by atoms with Gasteiger partial charge in [-0.1, -0.05) is 26.0 Å². The molecule has 32 heavy (non-hydrogen) atoms. The molecule has 0 spiro atoms. The van der Waals surface area contributed by atoms with Crippen molar-refractivity contribution in [2.24, 2.45) is 5.92 Å². The summed E-state index contributed by atoms with van der Waals surface area (Å²) in [5.41, 5.74) is -0.0363. The minimum Gasteiger partial charge on any atom is -0.459 e. The third-order valence-corrected chi connectivity index (χ3v) is 7.38. The largest absolute Gasteiger partial charge is 0.459 e. The number of carbonyl (C=O) groups excluding carboxylic acids is 1. The van der Waals surface area contributed by atoms with E-state index in [-0.39, 0.29) is 24.8 Å². The van der Waals surface area contributed by atoms with Crippen LogP contribution in [0.5, 0.6) is 0 Å². The lowest BCUT2D eigenvalue weighted by molar-refractivity contribution is -0.160. The molecule has 2 rings (SSSR count). The van der Waals surface area contributed by atoms with E-state index in [4.69, 9.17) is 9.47 Å². The Balaban J connectivity index is 2.36. The predicted molar refractivity (Wildman–Crippen MR) is 131 cm³/mol. The number of benzene rings is 1. The van der Waals surface area contributed by atoms with Crippen LogP contribution in [0, 0.1) is 5.92 Å². The summed E-state index contributed by atoms with van der Waals surface area (Å²) in [6.07, 6.45) is 1.97. The van der Waals surface area contributed by atoms with Crippen molar-refractivity contribution in [2.75, 3.05) is 19.8 Å². The Morgan fingerprint density at radius 2 is 1.97 bits per heavy atom. The average molecular weight is 482 g/mol. The minimum atomic E-state index is -3.83. The van der Waals surface area contributed by atoms with Crippen LogP contribution in [0.25, 0.3) is 10.1 Å². The zero-order chi connectivity index (χ0) is 23.9.